The molecule has 0 spiro atoms. The second-order valence-electron chi connectivity index (χ2n) is 8.21. The number of esters is 2. The Bertz CT molecular complexity index is 851. The number of hydrogen-bond donors (Lipinski definition) is 0. The van der Waals surface area contributed by atoms with Gasteiger partial charge in [-0.25, -0.2) is 4.79 Å². The highest BCUT2D eigenvalue weighted by Gasteiger charge is 2.31. The van der Waals surface area contributed by atoms with Gasteiger partial charge in [-0.1, -0.05) is 19.3 Å². The van der Waals surface area contributed by atoms with Crippen LogP contribution in [0.25, 0.3) is 0 Å². The fraction of sp³-hybridized carbons (Fsp3) is 0.667. The summed E-state index contributed by atoms with van der Waals surface area (Å²) in [4.78, 5) is 52.2. The van der Waals surface area contributed by atoms with Gasteiger partial charge in [0.1, 0.15) is 5.69 Å². The van der Waals surface area contributed by atoms with Crippen molar-refractivity contribution in [2.75, 3.05) is 20.3 Å². The molecule has 0 saturated heterocycles. The molecule has 1 aromatic rings. The maximum atomic E-state index is 13.4. The summed E-state index contributed by atoms with van der Waals surface area (Å²) < 4.78 is 11.6. The van der Waals surface area contributed by atoms with Gasteiger partial charge in [-0.15, -0.1) is 0 Å². The molecule has 32 heavy (non-hydrogen) atoms. The third-order valence-corrected chi connectivity index (χ3v) is 6.24. The largest absolute Gasteiger partial charge is 0.466 e. The third kappa shape index (κ3) is 5.78. The molecule has 1 aliphatic carbocycles. The summed E-state index contributed by atoms with van der Waals surface area (Å²) in [7, 11) is 1.32. The SMILES string of the molecule is CCOC(=O)CCC(=O)N(CC(=O)c1c(C)c(C(=O)OC)n(CC)c1C)C1CCCCC1. The molecule has 1 aromatic heterocycles. The van der Waals surface area contributed by atoms with Crippen molar-refractivity contribution in [1.29, 1.82) is 0 Å². The summed E-state index contributed by atoms with van der Waals surface area (Å²) in [5.74, 6) is -1.31. The molecule has 1 aliphatic rings. The number of ketones is 1. The zero-order valence-corrected chi connectivity index (χ0v) is 20.0. The van der Waals surface area contributed by atoms with E-state index in [1.165, 1.54) is 7.11 Å². The molecule has 0 radical (unpaired) electrons. The Hall–Kier alpha value is -2.64. The number of hydrogen-bond acceptors (Lipinski definition) is 6. The first-order chi connectivity index (χ1) is 15.3. The van der Waals surface area contributed by atoms with Crippen LogP contribution in [0.15, 0.2) is 0 Å². The van der Waals surface area contributed by atoms with Gasteiger partial charge < -0.3 is 18.9 Å². The lowest BCUT2D eigenvalue weighted by Gasteiger charge is -2.34. The second-order valence-corrected chi connectivity index (χ2v) is 8.21. The van der Waals surface area contributed by atoms with Crippen molar-refractivity contribution in [3.8, 4) is 0 Å². The topological polar surface area (TPSA) is 94.9 Å². The molecule has 0 aromatic carbocycles. The van der Waals surface area contributed by atoms with Gasteiger partial charge >= 0.3 is 11.9 Å². The monoisotopic (exact) mass is 448 g/mol. The molecule has 1 heterocycles. The Labute approximate surface area is 190 Å². The van der Waals surface area contributed by atoms with E-state index in [1.807, 2.05) is 13.8 Å². The molecule has 178 valence electrons. The summed E-state index contributed by atoms with van der Waals surface area (Å²) in [6.45, 7) is 7.91. The third-order valence-electron chi connectivity index (χ3n) is 6.24. The van der Waals surface area contributed by atoms with Crippen molar-refractivity contribution in [2.24, 2.45) is 0 Å². The predicted octanol–water partition coefficient (Wildman–Crippen LogP) is 3.60. The van der Waals surface area contributed by atoms with Crippen molar-refractivity contribution >= 4 is 23.6 Å². The molecule has 8 heteroatoms. The minimum atomic E-state index is -0.485. The van der Waals surface area contributed by atoms with Crippen LogP contribution < -0.4 is 0 Å². The Balaban J connectivity index is 2.30. The van der Waals surface area contributed by atoms with Crippen LogP contribution in [0.3, 0.4) is 0 Å². The lowest BCUT2D eigenvalue weighted by Crippen LogP contribution is -2.44. The van der Waals surface area contributed by atoms with Crippen LogP contribution in [0, 0.1) is 13.8 Å². The Morgan fingerprint density at radius 3 is 2.25 bits per heavy atom. The summed E-state index contributed by atoms with van der Waals surface area (Å²) in [5.41, 5.74) is 2.10. The van der Waals surface area contributed by atoms with Crippen molar-refractivity contribution < 1.29 is 28.7 Å². The van der Waals surface area contributed by atoms with Crippen molar-refractivity contribution in [3.05, 3.63) is 22.5 Å². The molecule has 0 atom stereocenters. The smallest absolute Gasteiger partial charge is 0.354 e. The highest BCUT2D eigenvalue weighted by molar-refractivity contribution is 6.04. The van der Waals surface area contributed by atoms with E-state index in [9.17, 15) is 19.2 Å². The number of rotatable bonds is 10. The van der Waals surface area contributed by atoms with Crippen LogP contribution in [0.1, 0.15) is 90.9 Å². The average molecular weight is 449 g/mol. The minimum Gasteiger partial charge on any atom is -0.466 e. The summed E-state index contributed by atoms with van der Waals surface area (Å²) >= 11 is 0. The van der Waals surface area contributed by atoms with E-state index in [0.29, 0.717) is 29.1 Å². The van der Waals surface area contributed by atoms with Gasteiger partial charge in [-0.2, -0.15) is 0 Å². The van der Waals surface area contributed by atoms with Crippen LogP contribution in [-0.4, -0.2) is 59.4 Å². The zero-order chi connectivity index (χ0) is 23.8. The van der Waals surface area contributed by atoms with Gasteiger partial charge in [-0.3, -0.25) is 14.4 Å². The predicted molar refractivity (Wildman–Crippen MR) is 120 cm³/mol. The van der Waals surface area contributed by atoms with Gasteiger partial charge in [0.15, 0.2) is 5.78 Å². The number of ether oxygens (including phenoxy) is 2. The number of Topliss-reactive ketones (excluding diaryl/α,β-unsaturated/α-hetero) is 1. The summed E-state index contributed by atoms with van der Waals surface area (Å²) in [6.07, 6.45) is 4.86. The molecule has 1 saturated carbocycles. The number of carbonyl (C=O) groups is 4. The maximum Gasteiger partial charge on any atom is 0.354 e. The maximum absolute atomic E-state index is 13.4. The normalized spacial score (nSPS) is 14.2. The molecule has 0 aliphatic heterocycles. The molecule has 2 rings (SSSR count). The number of nitrogens with zero attached hydrogens (tertiary/aromatic N) is 2. The van der Waals surface area contributed by atoms with E-state index in [-0.39, 0.29) is 43.7 Å². The molecular weight excluding hydrogens is 412 g/mol. The van der Waals surface area contributed by atoms with E-state index in [2.05, 4.69) is 0 Å². The number of carbonyl (C=O) groups excluding carboxylic acids is 4. The van der Waals surface area contributed by atoms with E-state index in [1.54, 1.807) is 23.3 Å². The summed E-state index contributed by atoms with van der Waals surface area (Å²) in [6, 6.07) is -0.0173. The van der Waals surface area contributed by atoms with E-state index < -0.39 is 11.9 Å². The Kier molecular flexibility index (Phi) is 9.47. The van der Waals surface area contributed by atoms with Crippen molar-refractivity contribution in [2.45, 2.75) is 85.2 Å². The molecule has 0 bridgehead atoms. The van der Waals surface area contributed by atoms with Crippen LogP contribution in [0.4, 0.5) is 0 Å². The van der Waals surface area contributed by atoms with E-state index >= 15 is 0 Å². The van der Waals surface area contributed by atoms with Gasteiger partial charge in [0.2, 0.25) is 5.91 Å². The molecule has 8 nitrogen and oxygen atoms in total. The quantitative estimate of drug-likeness (QED) is 0.401. The van der Waals surface area contributed by atoms with Crippen LogP contribution in [0.2, 0.25) is 0 Å². The van der Waals surface area contributed by atoms with Crippen molar-refractivity contribution in [3.63, 3.8) is 0 Å². The van der Waals surface area contributed by atoms with E-state index in [4.69, 9.17) is 9.47 Å². The highest BCUT2D eigenvalue weighted by atomic mass is 16.5. The first kappa shape index (κ1) is 25.6. The van der Waals surface area contributed by atoms with E-state index in [0.717, 1.165) is 32.1 Å². The lowest BCUT2D eigenvalue weighted by molar-refractivity contribution is -0.146. The Morgan fingerprint density at radius 2 is 1.69 bits per heavy atom. The molecule has 1 fully saturated rings. The molecular formula is C24H36N2O6. The lowest BCUT2D eigenvalue weighted by atomic mass is 9.93. The Morgan fingerprint density at radius 1 is 1.03 bits per heavy atom. The first-order valence-corrected chi connectivity index (χ1v) is 11.5. The van der Waals surface area contributed by atoms with Gasteiger partial charge in [-0.05, 0) is 46.1 Å². The van der Waals surface area contributed by atoms with Gasteiger partial charge in [0.25, 0.3) is 0 Å². The fourth-order valence-corrected chi connectivity index (χ4v) is 4.69. The number of methoxy groups -OCH3 is 1. The fourth-order valence-electron chi connectivity index (χ4n) is 4.69. The zero-order valence-electron chi connectivity index (χ0n) is 20.0. The number of aromatic nitrogens is 1. The van der Waals surface area contributed by atoms with Crippen LogP contribution >= 0.6 is 0 Å². The average Bonchev–Trinajstić information content (AvgIpc) is 3.05. The van der Waals surface area contributed by atoms with Gasteiger partial charge in [0, 0.05) is 30.3 Å². The van der Waals surface area contributed by atoms with Gasteiger partial charge in [0.05, 0.1) is 26.7 Å². The second kappa shape index (κ2) is 11.8. The highest BCUT2D eigenvalue weighted by Crippen LogP contribution is 2.27. The first-order valence-electron chi connectivity index (χ1n) is 11.5. The van der Waals surface area contributed by atoms with Crippen molar-refractivity contribution in [1.82, 2.24) is 9.47 Å². The standard InChI is InChI=1S/C24H36N2O6/c1-6-25-17(4)22(16(3)23(25)24(30)31-5)19(27)15-26(18-11-9-8-10-12-18)20(28)13-14-21(29)32-7-2/h18H,6-15H2,1-5H3. The molecule has 1 amide bonds. The molecule has 0 unspecified atom stereocenters. The van der Waals surface area contributed by atoms with Crippen LogP contribution in [0.5, 0.6) is 0 Å². The molecule has 0 N–H and O–H groups in total. The van der Waals surface area contributed by atoms with Crippen LogP contribution in [-0.2, 0) is 25.6 Å². The number of amides is 1. The minimum absolute atomic E-state index is 0.000833. The summed E-state index contributed by atoms with van der Waals surface area (Å²) in [5, 5.41) is 0.